The number of amides is 2. The molecule has 4 nitrogen and oxygen atoms in total. The smallest absolute Gasteiger partial charge is 0.256 e. The molecule has 0 unspecified atom stereocenters. The van der Waals surface area contributed by atoms with Crippen LogP contribution in [0.25, 0.3) is 0 Å². The van der Waals surface area contributed by atoms with Crippen LogP contribution in [0.2, 0.25) is 0 Å². The van der Waals surface area contributed by atoms with Gasteiger partial charge in [-0.3, -0.25) is 9.59 Å². The summed E-state index contributed by atoms with van der Waals surface area (Å²) in [6, 6.07) is 16.1. The molecule has 27 heavy (non-hydrogen) atoms. The summed E-state index contributed by atoms with van der Waals surface area (Å²) in [5.74, 6) is -0.312. The van der Waals surface area contributed by atoms with E-state index in [0.717, 1.165) is 24.8 Å². The number of aryl methyl sites for hydroxylation is 1. The maximum absolute atomic E-state index is 13.8. The molecule has 0 atom stereocenters. The van der Waals surface area contributed by atoms with Gasteiger partial charge in [0.1, 0.15) is 5.82 Å². The summed E-state index contributed by atoms with van der Waals surface area (Å²) in [6.07, 6.45) is 2.86. The first-order valence-electron chi connectivity index (χ1n) is 9.48. The van der Waals surface area contributed by atoms with Gasteiger partial charge in [0.05, 0.1) is 5.56 Å². The Labute approximate surface area is 159 Å². The molecule has 1 aliphatic heterocycles. The fraction of sp³-hybridized carbons (Fsp3) is 0.364. The summed E-state index contributed by atoms with van der Waals surface area (Å²) in [6.45, 7) is 1.82. The molecule has 1 N–H and O–H groups in total. The lowest BCUT2D eigenvalue weighted by molar-refractivity contribution is -0.121. The van der Waals surface area contributed by atoms with Crippen LogP contribution in [0.3, 0.4) is 0 Å². The van der Waals surface area contributed by atoms with Gasteiger partial charge in [0.25, 0.3) is 5.91 Å². The molecule has 1 heterocycles. The van der Waals surface area contributed by atoms with Crippen LogP contribution in [0.4, 0.5) is 4.39 Å². The monoisotopic (exact) mass is 368 g/mol. The third-order valence-electron chi connectivity index (χ3n) is 5.08. The highest BCUT2D eigenvalue weighted by molar-refractivity contribution is 5.94. The van der Waals surface area contributed by atoms with E-state index < -0.39 is 5.82 Å². The lowest BCUT2D eigenvalue weighted by Crippen LogP contribution is -2.41. The van der Waals surface area contributed by atoms with Gasteiger partial charge in [-0.15, -0.1) is 0 Å². The van der Waals surface area contributed by atoms with E-state index in [4.69, 9.17) is 0 Å². The number of nitrogens with one attached hydrogen (secondary N) is 1. The van der Waals surface area contributed by atoms with Gasteiger partial charge >= 0.3 is 0 Å². The largest absolute Gasteiger partial charge is 0.356 e. The molecule has 1 aliphatic rings. The molecule has 1 saturated heterocycles. The molecule has 0 spiro atoms. The van der Waals surface area contributed by atoms with Crippen LogP contribution in [0.5, 0.6) is 0 Å². The normalized spacial score (nSPS) is 14.8. The second kappa shape index (κ2) is 9.31. The summed E-state index contributed by atoms with van der Waals surface area (Å²) >= 11 is 0. The van der Waals surface area contributed by atoms with E-state index in [-0.39, 0.29) is 17.4 Å². The van der Waals surface area contributed by atoms with Crippen molar-refractivity contribution in [2.45, 2.75) is 25.7 Å². The predicted molar refractivity (Wildman–Crippen MR) is 103 cm³/mol. The fourth-order valence-electron chi connectivity index (χ4n) is 3.39. The van der Waals surface area contributed by atoms with Crippen molar-refractivity contribution in [3.05, 3.63) is 71.5 Å². The molecule has 2 amide bonds. The molecule has 1 fully saturated rings. The Morgan fingerprint density at radius 1 is 1.00 bits per heavy atom. The van der Waals surface area contributed by atoms with Crippen molar-refractivity contribution >= 4 is 11.8 Å². The summed E-state index contributed by atoms with van der Waals surface area (Å²) < 4.78 is 13.8. The molecule has 2 aromatic rings. The minimum Gasteiger partial charge on any atom is -0.356 e. The zero-order valence-corrected chi connectivity index (χ0v) is 15.4. The molecule has 5 heteroatoms. The van der Waals surface area contributed by atoms with E-state index in [2.05, 4.69) is 5.32 Å². The number of likely N-dealkylation sites (tertiary alicyclic amines) is 1. The maximum atomic E-state index is 13.8. The topological polar surface area (TPSA) is 49.4 Å². The molecule has 142 valence electrons. The van der Waals surface area contributed by atoms with Gasteiger partial charge in [-0.25, -0.2) is 4.39 Å². The first-order valence-corrected chi connectivity index (χ1v) is 9.48. The Morgan fingerprint density at radius 2 is 1.67 bits per heavy atom. The Hall–Kier alpha value is -2.69. The van der Waals surface area contributed by atoms with Crippen molar-refractivity contribution in [1.82, 2.24) is 10.2 Å². The van der Waals surface area contributed by atoms with Crippen molar-refractivity contribution in [2.75, 3.05) is 19.6 Å². The number of halogens is 1. The molecule has 0 radical (unpaired) electrons. The van der Waals surface area contributed by atoms with E-state index in [1.54, 1.807) is 17.0 Å². The molecule has 0 aliphatic carbocycles. The van der Waals surface area contributed by atoms with E-state index in [1.807, 2.05) is 30.3 Å². The third kappa shape index (κ3) is 5.39. The Balaban J connectivity index is 1.39. The summed E-state index contributed by atoms with van der Waals surface area (Å²) in [5.41, 5.74) is 1.29. The highest BCUT2D eigenvalue weighted by Crippen LogP contribution is 2.19. The van der Waals surface area contributed by atoms with Gasteiger partial charge in [-0.2, -0.15) is 0 Å². The van der Waals surface area contributed by atoms with Crippen LogP contribution in [0.15, 0.2) is 54.6 Å². The van der Waals surface area contributed by atoms with Crippen molar-refractivity contribution in [2.24, 2.45) is 5.92 Å². The summed E-state index contributed by atoms with van der Waals surface area (Å²) in [4.78, 5) is 26.2. The number of piperidine rings is 1. The van der Waals surface area contributed by atoms with Crippen LogP contribution >= 0.6 is 0 Å². The lowest BCUT2D eigenvalue weighted by atomic mass is 9.96. The third-order valence-corrected chi connectivity index (χ3v) is 5.08. The average molecular weight is 368 g/mol. The second-order valence-corrected chi connectivity index (χ2v) is 7.01. The minimum absolute atomic E-state index is 0.0590. The number of carbonyl (C=O) groups is 2. The number of hydrogen-bond donors (Lipinski definition) is 1. The summed E-state index contributed by atoms with van der Waals surface area (Å²) in [5, 5.41) is 3.01. The number of rotatable bonds is 6. The van der Waals surface area contributed by atoms with Crippen LogP contribution in [0, 0.1) is 11.7 Å². The molecule has 0 aromatic heterocycles. The number of hydrogen-bond acceptors (Lipinski definition) is 2. The van der Waals surface area contributed by atoms with Gasteiger partial charge in [0, 0.05) is 26.1 Å². The quantitative estimate of drug-likeness (QED) is 0.849. The Kier molecular flexibility index (Phi) is 6.58. The van der Waals surface area contributed by atoms with Gasteiger partial charge in [-0.05, 0) is 42.9 Å². The fourth-order valence-corrected chi connectivity index (χ4v) is 3.39. The number of benzene rings is 2. The number of carbonyl (C=O) groups excluding carboxylic acids is 2. The molecular formula is C22H25FN2O2. The SMILES string of the molecule is O=C(CCc1ccccc1)NCC1CCN(C(=O)c2ccccc2F)CC1. The second-order valence-electron chi connectivity index (χ2n) is 7.01. The van der Waals surface area contributed by atoms with Crippen molar-refractivity contribution in [3.63, 3.8) is 0 Å². The van der Waals surface area contributed by atoms with Gasteiger partial charge in [0.2, 0.25) is 5.91 Å². The first kappa shape index (κ1) is 19.1. The first-order chi connectivity index (χ1) is 13.1. The van der Waals surface area contributed by atoms with Crippen LogP contribution < -0.4 is 5.32 Å². The molecule has 3 rings (SSSR count). The molecule has 0 saturated carbocycles. The Morgan fingerprint density at radius 3 is 2.37 bits per heavy atom. The van der Waals surface area contributed by atoms with Gasteiger partial charge in [-0.1, -0.05) is 42.5 Å². The van der Waals surface area contributed by atoms with E-state index in [1.165, 1.54) is 12.1 Å². The van der Waals surface area contributed by atoms with E-state index >= 15 is 0 Å². The predicted octanol–water partition coefficient (Wildman–Crippen LogP) is 3.43. The summed E-state index contributed by atoms with van der Waals surface area (Å²) in [7, 11) is 0. The standard InChI is InChI=1S/C22H25FN2O2/c23-20-9-5-4-8-19(20)22(27)25-14-12-18(13-15-25)16-24-21(26)11-10-17-6-2-1-3-7-17/h1-9,18H,10-16H2,(H,24,26). The van der Waals surface area contributed by atoms with Crippen LogP contribution in [-0.2, 0) is 11.2 Å². The molecule has 0 bridgehead atoms. The molecule has 2 aromatic carbocycles. The molecular weight excluding hydrogens is 343 g/mol. The zero-order valence-electron chi connectivity index (χ0n) is 15.4. The van der Waals surface area contributed by atoms with Crippen LogP contribution in [-0.4, -0.2) is 36.3 Å². The Bertz CT molecular complexity index is 771. The van der Waals surface area contributed by atoms with Crippen molar-refractivity contribution in [3.8, 4) is 0 Å². The number of nitrogens with zero attached hydrogens (tertiary/aromatic N) is 1. The highest BCUT2D eigenvalue weighted by atomic mass is 19.1. The van der Waals surface area contributed by atoms with E-state index in [9.17, 15) is 14.0 Å². The van der Waals surface area contributed by atoms with Gasteiger partial charge < -0.3 is 10.2 Å². The van der Waals surface area contributed by atoms with E-state index in [0.29, 0.717) is 32.0 Å². The van der Waals surface area contributed by atoms with Crippen LogP contribution in [0.1, 0.15) is 35.2 Å². The van der Waals surface area contributed by atoms with Crippen molar-refractivity contribution in [1.29, 1.82) is 0 Å². The van der Waals surface area contributed by atoms with Gasteiger partial charge in [0.15, 0.2) is 0 Å². The van der Waals surface area contributed by atoms with Crippen molar-refractivity contribution < 1.29 is 14.0 Å². The average Bonchev–Trinajstić information content (AvgIpc) is 2.72. The lowest BCUT2D eigenvalue weighted by Gasteiger charge is -2.32. The highest BCUT2D eigenvalue weighted by Gasteiger charge is 2.25. The maximum Gasteiger partial charge on any atom is 0.256 e. The zero-order chi connectivity index (χ0) is 19.1. The minimum atomic E-state index is -0.477.